The highest BCUT2D eigenvalue weighted by atomic mass is 16.7. The van der Waals surface area contributed by atoms with Gasteiger partial charge in [-0.05, 0) is 55.9 Å². The third kappa shape index (κ3) is 4.26. The van der Waals surface area contributed by atoms with Gasteiger partial charge in [-0.1, -0.05) is 72.8 Å². The molecule has 0 bridgehead atoms. The van der Waals surface area contributed by atoms with E-state index in [1.807, 2.05) is 100 Å². The Bertz CT molecular complexity index is 1350. The Balaban J connectivity index is 1.72. The van der Waals surface area contributed by atoms with Crippen LogP contribution >= 0.6 is 0 Å². The van der Waals surface area contributed by atoms with E-state index in [4.69, 9.17) is 9.31 Å². The van der Waals surface area contributed by atoms with Crippen LogP contribution in [0.3, 0.4) is 0 Å². The Kier molecular flexibility index (Phi) is 5.78. The molecule has 1 N–H and O–H groups in total. The van der Waals surface area contributed by atoms with Crippen LogP contribution in [0.1, 0.15) is 44.7 Å². The molecule has 0 radical (unpaired) electrons. The minimum absolute atomic E-state index is 0.211. The quantitative estimate of drug-likeness (QED) is 0.229. The number of H-pyrrole nitrogens is 1. The van der Waals surface area contributed by atoms with Crippen LogP contribution in [-0.4, -0.2) is 34.8 Å². The lowest BCUT2D eigenvalue weighted by Gasteiger charge is -2.32. The first-order chi connectivity index (χ1) is 16.7. The highest BCUT2D eigenvalue weighted by Gasteiger charge is 2.51. The first kappa shape index (κ1) is 23.3. The van der Waals surface area contributed by atoms with Gasteiger partial charge in [0.2, 0.25) is 6.54 Å². The molecule has 0 saturated carbocycles. The van der Waals surface area contributed by atoms with E-state index in [2.05, 4.69) is 11.1 Å². The van der Waals surface area contributed by atoms with Crippen LogP contribution in [0.15, 0.2) is 78.9 Å². The molecule has 7 heteroatoms. The molecule has 3 aromatic carbocycles. The molecule has 1 aliphatic rings. The average Bonchev–Trinajstić information content (AvgIpc) is 3.31. The summed E-state index contributed by atoms with van der Waals surface area (Å²) in [5.74, 6) is -0.427. The maximum absolute atomic E-state index is 11.8. The largest absolute Gasteiger partial charge is 0.494 e. The number of nitrogens with one attached hydrogen (secondary N) is 1. The minimum atomic E-state index is -0.516. The Labute approximate surface area is 205 Å². The smallest absolute Gasteiger partial charge is 0.399 e. The van der Waals surface area contributed by atoms with E-state index in [1.165, 1.54) is 0 Å². The van der Waals surface area contributed by atoms with Gasteiger partial charge in [0.05, 0.1) is 22.8 Å². The number of hydrogen-bond acceptors (Lipinski definition) is 4. The van der Waals surface area contributed by atoms with Gasteiger partial charge in [0, 0.05) is 15.8 Å². The van der Waals surface area contributed by atoms with Gasteiger partial charge < -0.3 is 14.3 Å². The van der Waals surface area contributed by atoms with Crippen LogP contribution in [0.5, 0.6) is 0 Å². The van der Waals surface area contributed by atoms with Crippen LogP contribution in [0.4, 0.5) is 0 Å². The number of nitrogens with zero attached hydrogens (tertiary/aromatic N) is 1. The van der Waals surface area contributed by atoms with Crippen molar-refractivity contribution in [3.8, 4) is 11.3 Å². The van der Waals surface area contributed by atoms with Crippen molar-refractivity contribution in [2.45, 2.75) is 44.8 Å². The van der Waals surface area contributed by atoms with E-state index in [0.717, 1.165) is 38.8 Å². The molecular formula is C28H29BN2O4. The maximum Gasteiger partial charge on any atom is 0.494 e. The summed E-state index contributed by atoms with van der Waals surface area (Å²) in [4.78, 5) is 15.2. The van der Waals surface area contributed by atoms with Crippen molar-refractivity contribution in [2.75, 3.05) is 6.54 Å². The standard InChI is InChI=1S/C28H29BN2O4/c1-27(2)28(3,4)35-29(34-27)21-15-16-24-22(17-21)25(26(30-24)20-13-9-6-10-14-20)23(18-31(32)33)19-11-7-5-8-12-19/h5-17,23,30H,18H2,1-4H3. The van der Waals surface area contributed by atoms with Gasteiger partial charge in [0.25, 0.3) is 0 Å². The van der Waals surface area contributed by atoms with Crippen molar-refractivity contribution in [3.63, 3.8) is 0 Å². The van der Waals surface area contributed by atoms with E-state index in [-0.39, 0.29) is 11.5 Å². The molecule has 1 fully saturated rings. The summed E-state index contributed by atoms with van der Waals surface area (Å²) in [7, 11) is -0.516. The number of aromatic nitrogens is 1. The van der Waals surface area contributed by atoms with Crippen molar-refractivity contribution in [2.24, 2.45) is 0 Å². The Morgan fingerprint density at radius 1 is 0.914 bits per heavy atom. The molecule has 35 heavy (non-hydrogen) atoms. The first-order valence-electron chi connectivity index (χ1n) is 11.9. The molecule has 5 rings (SSSR count). The molecule has 1 aliphatic heterocycles. The highest BCUT2D eigenvalue weighted by molar-refractivity contribution is 6.62. The van der Waals surface area contributed by atoms with Crippen LogP contribution < -0.4 is 5.46 Å². The molecule has 0 aliphatic carbocycles. The number of fused-ring (bicyclic) bond motifs is 1. The second kappa shape index (κ2) is 8.66. The third-order valence-electron chi connectivity index (χ3n) is 7.33. The van der Waals surface area contributed by atoms with Crippen LogP contribution in [0, 0.1) is 10.1 Å². The number of benzene rings is 3. The van der Waals surface area contributed by atoms with Crippen LogP contribution in [-0.2, 0) is 9.31 Å². The molecule has 4 aromatic rings. The van der Waals surface area contributed by atoms with Gasteiger partial charge in [-0.15, -0.1) is 0 Å². The monoisotopic (exact) mass is 468 g/mol. The van der Waals surface area contributed by atoms with Gasteiger partial charge in [0.15, 0.2) is 0 Å². The normalized spacial score (nSPS) is 17.5. The number of aromatic amines is 1. The molecule has 1 unspecified atom stereocenters. The zero-order chi connectivity index (χ0) is 24.8. The Morgan fingerprint density at radius 2 is 1.51 bits per heavy atom. The lowest BCUT2D eigenvalue weighted by Crippen LogP contribution is -2.41. The van der Waals surface area contributed by atoms with Crippen LogP contribution in [0.25, 0.3) is 22.2 Å². The first-order valence-corrected chi connectivity index (χ1v) is 11.9. The summed E-state index contributed by atoms with van der Waals surface area (Å²) in [5.41, 5.74) is 4.59. The molecule has 1 atom stereocenters. The third-order valence-corrected chi connectivity index (χ3v) is 7.33. The van der Waals surface area contributed by atoms with Gasteiger partial charge in [0.1, 0.15) is 0 Å². The molecule has 1 saturated heterocycles. The van der Waals surface area contributed by atoms with E-state index < -0.39 is 24.2 Å². The minimum Gasteiger partial charge on any atom is -0.399 e. The van der Waals surface area contributed by atoms with Crippen molar-refractivity contribution in [1.29, 1.82) is 0 Å². The summed E-state index contributed by atoms with van der Waals surface area (Å²) in [5, 5.41) is 12.8. The zero-order valence-corrected chi connectivity index (χ0v) is 20.4. The molecule has 6 nitrogen and oxygen atoms in total. The number of hydrogen-bond donors (Lipinski definition) is 1. The van der Waals surface area contributed by atoms with E-state index in [9.17, 15) is 10.1 Å². The van der Waals surface area contributed by atoms with E-state index >= 15 is 0 Å². The molecule has 0 spiro atoms. The fourth-order valence-corrected chi connectivity index (χ4v) is 4.75. The fraction of sp³-hybridized carbons (Fsp3) is 0.286. The van der Waals surface area contributed by atoms with Crippen molar-refractivity contribution >= 4 is 23.5 Å². The number of rotatable bonds is 6. The maximum atomic E-state index is 11.8. The molecular weight excluding hydrogens is 439 g/mol. The summed E-state index contributed by atoms with van der Waals surface area (Å²) in [6.45, 7) is 7.91. The van der Waals surface area contributed by atoms with Crippen molar-refractivity contribution < 1.29 is 14.2 Å². The summed E-state index contributed by atoms with van der Waals surface area (Å²) < 4.78 is 12.6. The van der Waals surface area contributed by atoms with Crippen LogP contribution in [0.2, 0.25) is 0 Å². The van der Waals surface area contributed by atoms with Crippen molar-refractivity contribution in [1.82, 2.24) is 4.98 Å². The zero-order valence-electron chi connectivity index (χ0n) is 20.4. The number of nitro groups is 1. The second-order valence-electron chi connectivity index (χ2n) is 10.2. The Hall–Kier alpha value is -3.42. The highest BCUT2D eigenvalue weighted by Crippen LogP contribution is 2.40. The summed E-state index contributed by atoms with van der Waals surface area (Å²) >= 11 is 0. The van der Waals surface area contributed by atoms with Gasteiger partial charge >= 0.3 is 7.12 Å². The topological polar surface area (TPSA) is 77.4 Å². The van der Waals surface area contributed by atoms with Gasteiger partial charge in [-0.3, -0.25) is 10.1 Å². The summed E-state index contributed by atoms with van der Waals surface area (Å²) in [6, 6.07) is 25.7. The van der Waals surface area contributed by atoms with E-state index in [1.54, 1.807) is 0 Å². The lowest BCUT2D eigenvalue weighted by atomic mass is 9.77. The predicted molar refractivity (Wildman–Crippen MR) is 140 cm³/mol. The SMILES string of the molecule is CC1(C)OB(c2ccc3[nH]c(-c4ccccc4)c(C(C[N+](=O)[O-])c4ccccc4)c3c2)OC1(C)C. The average molecular weight is 468 g/mol. The van der Waals surface area contributed by atoms with Gasteiger partial charge in [-0.2, -0.15) is 0 Å². The summed E-state index contributed by atoms with van der Waals surface area (Å²) in [6.07, 6.45) is 0. The molecule has 2 heterocycles. The lowest BCUT2D eigenvalue weighted by molar-refractivity contribution is -0.481. The Morgan fingerprint density at radius 3 is 2.11 bits per heavy atom. The molecule has 0 amide bonds. The van der Waals surface area contributed by atoms with E-state index in [0.29, 0.717) is 0 Å². The second-order valence-corrected chi connectivity index (χ2v) is 10.2. The van der Waals surface area contributed by atoms with Gasteiger partial charge in [-0.25, -0.2) is 0 Å². The molecule has 178 valence electrons. The predicted octanol–water partition coefficient (Wildman–Crippen LogP) is 5.54. The van der Waals surface area contributed by atoms with Crippen molar-refractivity contribution in [3.05, 3.63) is 100 Å². The molecule has 1 aromatic heterocycles. The fourth-order valence-electron chi connectivity index (χ4n) is 4.75.